The lowest BCUT2D eigenvalue weighted by Crippen LogP contribution is -2.79. The standard InChI is InChI=1S/C24H5BF15.C19H15/c26-10-7(11(27)17(33)22(38)16(10)32)25(6-4-2-1-3-5-6,8-12(28)18(34)23(39)19(35)13(8)29)9-14(30)20(36)24(40)21(37)15(9)31;1-4-10-16(11-5-1)19(17-12-6-2-7-13-17)18-14-8-3-9-15-18/h1-5H;1-15H/q-1;+1. The van der Waals surface area contributed by atoms with Gasteiger partial charge in [0.15, 0.2) is 52.4 Å². The SMILES string of the molecule is Fc1c(F)c(F)c([B-](c2ccccc2)(c2c(F)c(F)c(F)c(F)c2F)c2c(F)c(F)c(F)c(F)c2F)c(F)c1F.c1ccc([C+](c2ccccc2)c2ccccc2)cc1. The van der Waals surface area contributed by atoms with Gasteiger partial charge in [0.1, 0.15) is 41.0 Å². The first-order valence-corrected chi connectivity index (χ1v) is 16.9. The van der Waals surface area contributed by atoms with Crippen molar-refractivity contribution in [3.8, 4) is 0 Å². The molecule has 0 bridgehead atoms. The summed E-state index contributed by atoms with van der Waals surface area (Å²) in [7, 11) is 0. The Bertz CT molecular complexity index is 2310. The second-order valence-electron chi connectivity index (χ2n) is 12.7. The Labute approximate surface area is 324 Å². The molecule has 0 unspecified atom stereocenters. The van der Waals surface area contributed by atoms with Gasteiger partial charge >= 0.3 is 0 Å². The second kappa shape index (κ2) is 16.7. The summed E-state index contributed by atoms with van der Waals surface area (Å²) in [5.74, 6) is -44.2. The van der Waals surface area contributed by atoms with Gasteiger partial charge in [-0.15, -0.1) is 16.4 Å². The molecule has 0 aliphatic heterocycles. The molecule has 0 amide bonds. The highest BCUT2D eigenvalue weighted by Crippen LogP contribution is 2.31. The summed E-state index contributed by atoms with van der Waals surface area (Å²) >= 11 is 0. The van der Waals surface area contributed by atoms with Crippen LogP contribution in [0.2, 0.25) is 0 Å². The third-order valence-electron chi connectivity index (χ3n) is 9.52. The number of hydrogen-bond acceptors (Lipinski definition) is 0. The lowest BCUT2D eigenvalue weighted by molar-refractivity contribution is 0.380. The van der Waals surface area contributed by atoms with Crippen molar-refractivity contribution < 1.29 is 65.9 Å². The van der Waals surface area contributed by atoms with Crippen molar-refractivity contribution in [3.05, 3.63) is 231 Å². The zero-order valence-corrected chi connectivity index (χ0v) is 29.3. The van der Waals surface area contributed by atoms with Gasteiger partial charge in [-0.25, -0.2) is 65.9 Å². The number of halogens is 15. The first-order valence-electron chi connectivity index (χ1n) is 16.9. The smallest absolute Gasteiger partial charge is 0.200 e. The Hall–Kier alpha value is -6.58. The molecule has 0 radical (unpaired) electrons. The summed E-state index contributed by atoms with van der Waals surface area (Å²) in [4.78, 5) is 0. The number of rotatable bonds is 7. The maximum atomic E-state index is 15.3. The highest BCUT2D eigenvalue weighted by Gasteiger charge is 2.48. The molecule has 0 spiro atoms. The fourth-order valence-electron chi connectivity index (χ4n) is 7.00. The first kappa shape index (κ1) is 42.0. The fraction of sp³-hybridized carbons (Fsp3) is 0. The maximum absolute atomic E-state index is 15.3. The number of hydrogen-bond donors (Lipinski definition) is 0. The van der Waals surface area contributed by atoms with E-state index in [1.165, 1.54) is 22.6 Å². The number of benzene rings is 7. The molecule has 0 saturated heterocycles. The summed E-state index contributed by atoms with van der Waals surface area (Å²) in [6.07, 6.45) is -5.72. The van der Waals surface area contributed by atoms with Crippen molar-refractivity contribution in [1.82, 2.24) is 0 Å². The van der Waals surface area contributed by atoms with Crippen molar-refractivity contribution in [3.63, 3.8) is 0 Å². The van der Waals surface area contributed by atoms with E-state index < -0.39 is 115 Å². The van der Waals surface area contributed by atoms with E-state index in [4.69, 9.17) is 0 Å². The fourth-order valence-corrected chi connectivity index (χ4v) is 7.00. The molecule has 300 valence electrons. The average Bonchev–Trinajstić information content (AvgIpc) is 3.26. The molecule has 0 nitrogen and oxygen atoms in total. The van der Waals surface area contributed by atoms with E-state index in [1.807, 2.05) is 0 Å². The molecule has 0 aromatic heterocycles. The van der Waals surface area contributed by atoms with E-state index in [2.05, 4.69) is 91.0 Å². The van der Waals surface area contributed by atoms with Gasteiger partial charge in [0.2, 0.25) is 0 Å². The quantitative estimate of drug-likeness (QED) is 0.0375. The van der Waals surface area contributed by atoms with Crippen LogP contribution in [0.15, 0.2) is 121 Å². The van der Waals surface area contributed by atoms with Gasteiger partial charge in [0.25, 0.3) is 0 Å². The summed E-state index contributed by atoms with van der Waals surface area (Å²) in [5.41, 5.74) is -5.66. The van der Waals surface area contributed by atoms with Crippen molar-refractivity contribution in [2.75, 3.05) is 0 Å². The predicted octanol–water partition coefficient (Wildman–Crippen LogP) is 9.86. The van der Waals surface area contributed by atoms with E-state index >= 15 is 26.3 Å². The predicted molar refractivity (Wildman–Crippen MR) is 189 cm³/mol. The van der Waals surface area contributed by atoms with Gasteiger partial charge in [-0.3, -0.25) is 0 Å². The van der Waals surface area contributed by atoms with Crippen LogP contribution in [-0.2, 0) is 0 Å². The van der Waals surface area contributed by atoms with Gasteiger partial charge < -0.3 is 0 Å². The molecule has 16 heteroatoms. The average molecular weight is 832 g/mol. The molecule has 0 N–H and O–H groups in total. The minimum atomic E-state index is -5.72. The Morgan fingerprint density at radius 1 is 0.237 bits per heavy atom. The molecule has 0 saturated carbocycles. The molecule has 7 aromatic carbocycles. The molecule has 7 aromatic rings. The molecule has 0 fully saturated rings. The maximum Gasteiger partial charge on any atom is 0.200 e. The third-order valence-corrected chi connectivity index (χ3v) is 9.52. The van der Waals surface area contributed by atoms with E-state index in [0.717, 1.165) is 18.2 Å². The molecule has 0 aliphatic rings. The lowest BCUT2D eigenvalue weighted by atomic mass is 9.12. The highest BCUT2D eigenvalue weighted by atomic mass is 19.2. The van der Waals surface area contributed by atoms with Gasteiger partial charge in [-0.2, -0.15) is 5.46 Å². The summed E-state index contributed by atoms with van der Waals surface area (Å²) in [6.45, 7) is 0. The monoisotopic (exact) mass is 832 g/mol. The third kappa shape index (κ3) is 7.06. The Kier molecular flexibility index (Phi) is 11.9. The lowest BCUT2D eigenvalue weighted by Gasteiger charge is -2.44. The minimum Gasteiger partial charge on any atom is -0.207 e. The van der Waals surface area contributed by atoms with Gasteiger partial charge in [-0.1, -0.05) is 48.5 Å². The van der Waals surface area contributed by atoms with Crippen LogP contribution in [0.25, 0.3) is 0 Å². The Morgan fingerprint density at radius 2 is 0.424 bits per heavy atom. The largest absolute Gasteiger partial charge is 0.207 e. The highest BCUT2D eigenvalue weighted by molar-refractivity contribution is 7.20. The molecule has 0 atom stereocenters. The van der Waals surface area contributed by atoms with E-state index in [1.54, 1.807) is 0 Å². The molecular weight excluding hydrogens is 812 g/mol. The van der Waals surface area contributed by atoms with Gasteiger partial charge in [0, 0.05) is 0 Å². The normalized spacial score (nSPS) is 11.3. The summed E-state index contributed by atoms with van der Waals surface area (Å²) in [5, 5.41) is 0. The molecule has 7 rings (SSSR count). The van der Waals surface area contributed by atoms with Crippen LogP contribution in [0.1, 0.15) is 16.7 Å². The van der Waals surface area contributed by atoms with Crippen LogP contribution in [0.5, 0.6) is 0 Å². The van der Waals surface area contributed by atoms with Crippen molar-refractivity contribution in [2.24, 2.45) is 0 Å². The second-order valence-corrected chi connectivity index (χ2v) is 12.7. The zero-order chi connectivity index (χ0) is 42.9. The minimum absolute atomic E-state index is 0.397. The summed E-state index contributed by atoms with van der Waals surface area (Å²) in [6, 6.07) is 34.9. The van der Waals surface area contributed by atoms with Crippen molar-refractivity contribution in [2.45, 2.75) is 0 Å². The van der Waals surface area contributed by atoms with E-state index in [0.29, 0.717) is 12.1 Å². The van der Waals surface area contributed by atoms with Crippen LogP contribution in [0.3, 0.4) is 0 Å². The van der Waals surface area contributed by atoms with Gasteiger partial charge in [-0.05, 0) is 72.8 Å². The Morgan fingerprint density at radius 3 is 0.644 bits per heavy atom. The van der Waals surface area contributed by atoms with Crippen molar-refractivity contribution in [1.29, 1.82) is 0 Å². The zero-order valence-electron chi connectivity index (χ0n) is 29.3. The molecule has 0 heterocycles. The molecular formula is C43H20BF15. The van der Waals surface area contributed by atoms with Crippen LogP contribution in [-0.4, -0.2) is 6.15 Å². The Balaban J connectivity index is 0.000000255. The topological polar surface area (TPSA) is 0 Å². The van der Waals surface area contributed by atoms with Gasteiger partial charge in [0.05, 0.1) is 22.6 Å². The van der Waals surface area contributed by atoms with E-state index in [-0.39, 0.29) is 0 Å². The van der Waals surface area contributed by atoms with E-state index in [9.17, 15) is 39.5 Å². The molecule has 59 heavy (non-hydrogen) atoms. The van der Waals surface area contributed by atoms with Crippen molar-refractivity contribution >= 4 is 28.0 Å². The van der Waals surface area contributed by atoms with Crippen LogP contribution in [0.4, 0.5) is 65.9 Å². The first-order chi connectivity index (χ1) is 28.1. The summed E-state index contributed by atoms with van der Waals surface area (Å²) < 4.78 is 220. The van der Waals surface area contributed by atoms with Crippen LogP contribution >= 0.6 is 0 Å². The molecule has 0 aliphatic carbocycles. The van der Waals surface area contributed by atoms with Crippen LogP contribution < -0.4 is 21.9 Å². The van der Waals surface area contributed by atoms with Crippen LogP contribution in [0, 0.1) is 93.2 Å².